The number of benzene rings is 2. The van der Waals surface area contributed by atoms with Crippen molar-refractivity contribution < 1.29 is 14.3 Å². The van der Waals surface area contributed by atoms with Crippen molar-refractivity contribution >= 4 is 56.8 Å². The highest BCUT2D eigenvalue weighted by Crippen LogP contribution is 2.27. The Morgan fingerprint density at radius 1 is 1.19 bits per heavy atom. The Bertz CT molecular complexity index is 868. The van der Waals surface area contributed by atoms with E-state index in [4.69, 9.17) is 16.3 Å². The molecule has 2 rings (SSSR count). The van der Waals surface area contributed by atoms with Crippen LogP contribution < -0.4 is 15.4 Å². The molecule has 142 valence electrons. The van der Waals surface area contributed by atoms with E-state index < -0.39 is 0 Å². The highest BCUT2D eigenvalue weighted by Gasteiger charge is 2.08. The van der Waals surface area contributed by atoms with Crippen molar-refractivity contribution in [2.24, 2.45) is 0 Å². The summed E-state index contributed by atoms with van der Waals surface area (Å²) in [4.78, 5) is 24.0. The van der Waals surface area contributed by atoms with E-state index in [9.17, 15) is 9.59 Å². The van der Waals surface area contributed by atoms with Crippen LogP contribution in [-0.2, 0) is 9.59 Å². The molecule has 0 spiro atoms. The third kappa shape index (κ3) is 6.41. The van der Waals surface area contributed by atoms with Gasteiger partial charge in [-0.2, -0.15) is 0 Å². The number of hydrogen-bond acceptors (Lipinski definition) is 3. The molecule has 0 aromatic heterocycles. The van der Waals surface area contributed by atoms with E-state index >= 15 is 0 Å². The average molecular weight is 452 g/mol. The Hall–Kier alpha value is -2.31. The van der Waals surface area contributed by atoms with Crippen molar-refractivity contribution in [3.8, 4) is 5.75 Å². The van der Waals surface area contributed by atoms with Gasteiger partial charge in [0.1, 0.15) is 5.75 Å². The summed E-state index contributed by atoms with van der Waals surface area (Å²) in [6.45, 7) is 1.93. The van der Waals surface area contributed by atoms with Gasteiger partial charge < -0.3 is 15.4 Å². The number of carbonyl (C=O) groups is 2. The standard InChI is InChI=1S/C20H20BrClN2O3/c1-3-4-19(25)23-15-7-8-16(22)17(12-15)24-20(26)10-5-13-11-14(21)6-9-18(13)27-2/h5-12H,3-4H2,1-2H3,(H,23,25)(H,24,26). The molecule has 7 heteroatoms. The van der Waals surface area contributed by atoms with Crippen LogP contribution >= 0.6 is 27.5 Å². The monoisotopic (exact) mass is 450 g/mol. The van der Waals surface area contributed by atoms with E-state index in [1.54, 1.807) is 37.5 Å². The Morgan fingerprint density at radius 3 is 2.67 bits per heavy atom. The molecular formula is C20H20BrClN2O3. The number of anilines is 2. The summed E-state index contributed by atoms with van der Waals surface area (Å²) in [7, 11) is 1.57. The van der Waals surface area contributed by atoms with E-state index in [0.29, 0.717) is 28.6 Å². The minimum Gasteiger partial charge on any atom is -0.496 e. The maximum atomic E-state index is 12.3. The van der Waals surface area contributed by atoms with Gasteiger partial charge in [0, 0.05) is 28.2 Å². The fourth-order valence-electron chi connectivity index (χ4n) is 2.32. The predicted molar refractivity (Wildman–Crippen MR) is 113 cm³/mol. The van der Waals surface area contributed by atoms with Gasteiger partial charge in [-0.25, -0.2) is 0 Å². The Balaban J connectivity index is 2.11. The van der Waals surface area contributed by atoms with Crippen molar-refractivity contribution in [1.82, 2.24) is 0 Å². The van der Waals surface area contributed by atoms with Crippen LogP contribution in [0.15, 0.2) is 46.9 Å². The van der Waals surface area contributed by atoms with Crippen molar-refractivity contribution in [3.63, 3.8) is 0 Å². The number of amides is 2. The van der Waals surface area contributed by atoms with Crippen LogP contribution in [0.5, 0.6) is 5.75 Å². The Kier molecular flexibility index (Phi) is 7.88. The van der Waals surface area contributed by atoms with Gasteiger partial charge in [0.2, 0.25) is 11.8 Å². The molecule has 0 aliphatic rings. The Morgan fingerprint density at radius 2 is 1.96 bits per heavy atom. The normalized spacial score (nSPS) is 10.7. The first kappa shape index (κ1) is 21.0. The summed E-state index contributed by atoms with van der Waals surface area (Å²) in [6, 6.07) is 10.4. The number of methoxy groups -OCH3 is 1. The highest BCUT2D eigenvalue weighted by molar-refractivity contribution is 9.10. The van der Waals surface area contributed by atoms with Gasteiger partial charge in [-0.3, -0.25) is 9.59 Å². The number of ether oxygens (including phenoxy) is 1. The average Bonchev–Trinajstić information content (AvgIpc) is 2.63. The van der Waals surface area contributed by atoms with Crippen LogP contribution in [0.4, 0.5) is 11.4 Å². The van der Waals surface area contributed by atoms with Gasteiger partial charge in [-0.15, -0.1) is 0 Å². The fourth-order valence-corrected chi connectivity index (χ4v) is 2.87. The quantitative estimate of drug-likeness (QED) is 0.546. The second-order valence-corrected chi connectivity index (χ2v) is 7.02. The lowest BCUT2D eigenvalue weighted by atomic mass is 10.2. The molecule has 2 aromatic carbocycles. The SMILES string of the molecule is CCCC(=O)Nc1ccc(Cl)c(NC(=O)C=Cc2cc(Br)ccc2OC)c1. The second kappa shape index (κ2) is 10.1. The van der Waals surface area contributed by atoms with Crippen LogP contribution in [0.25, 0.3) is 6.08 Å². The molecule has 27 heavy (non-hydrogen) atoms. The first-order chi connectivity index (χ1) is 12.9. The molecule has 0 radical (unpaired) electrons. The first-order valence-corrected chi connectivity index (χ1v) is 9.52. The summed E-state index contributed by atoms with van der Waals surface area (Å²) >= 11 is 9.54. The van der Waals surface area contributed by atoms with Gasteiger partial charge in [0.25, 0.3) is 0 Å². The molecule has 0 unspecified atom stereocenters. The van der Waals surface area contributed by atoms with Gasteiger partial charge >= 0.3 is 0 Å². The van der Waals surface area contributed by atoms with Crippen LogP contribution in [0, 0.1) is 0 Å². The molecule has 0 aliphatic carbocycles. The van der Waals surface area contributed by atoms with Crippen LogP contribution in [-0.4, -0.2) is 18.9 Å². The third-order valence-electron chi connectivity index (χ3n) is 3.59. The van der Waals surface area contributed by atoms with Crippen LogP contribution in [0.3, 0.4) is 0 Å². The van der Waals surface area contributed by atoms with E-state index in [1.165, 1.54) is 6.08 Å². The molecular weight excluding hydrogens is 432 g/mol. The molecule has 2 aromatic rings. The number of carbonyl (C=O) groups excluding carboxylic acids is 2. The van der Waals surface area contributed by atoms with Gasteiger partial charge in [0.15, 0.2) is 0 Å². The summed E-state index contributed by atoms with van der Waals surface area (Å²) in [5, 5.41) is 5.87. The van der Waals surface area contributed by atoms with E-state index in [-0.39, 0.29) is 11.8 Å². The Labute approximate surface area is 171 Å². The summed E-state index contributed by atoms with van der Waals surface area (Å²) < 4.78 is 6.15. The fraction of sp³-hybridized carbons (Fsp3) is 0.200. The molecule has 0 heterocycles. The number of nitrogens with one attached hydrogen (secondary N) is 2. The number of halogens is 2. The topological polar surface area (TPSA) is 67.4 Å². The lowest BCUT2D eigenvalue weighted by Gasteiger charge is -2.09. The minimum absolute atomic E-state index is 0.0845. The maximum absolute atomic E-state index is 12.3. The van der Waals surface area contributed by atoms with Gasteiger partial charge in [-0.1, -0.05) is 34.5 Å². The van der Waals surface area contributed by atoms with E-state index in [0.717, 1.165) is 16.5 Å². The lowest BCUT2D eigenvalue weighted by molar-refractivity contribution is -0.116. The molecule has 0 fully saturated rings. The zero-order chi connectivity index (χ0) is 19.8. The summed E-state index contributed by atoms with van der Waals surface area (Å²) in [6.07, 6.45) is 4.23. The smallest absolute Gasteiger partial charge is 0.248 e. The lowest BCUT2D eigenvalue weighted by Crippen LogP contribution is -2.12. The van der Waals surface area contributed by atoms with E-state index in [1.807, 2.05) is 19.1 Å². The number of rotatable bonds is 7. The van der Waals surface area contributed by atoms with Crippen LogP contribution in [0.1, 0.15) is 25.3 Å². The molecule has 0 saturated carbocycles. The third-order valence-corrected chi connectivity index (χ3v) is 4.41. The molecule has 0 bridgehead atoms. The molecule has 2 N–H and O–H groups in total. The van der Waals surface area contributed by atoms with Crippen LogP contribution in [0.2, 0.25) is 5.02 Å². The zero-order valence-electron chi connectivity index (χ0n) is 15.0. The minimum atomic E-state index is -0.351. The number of hydrogen-bond donors (Lipinski definition) is 2. The van der Waals surface area contributed by atoms with E-state index in [2.05, 4.69) is 26.6 Å². The summed E-state index contributed by atoms with van der Waals surface area (Å²) in [5.74, 6) is 0.218. The van der Waals surface area contributed by atoms with Crippen molar-refractivity contribution in [3.05, 3.63) is 57.5 Å². The maximum Gasteiger partial charge on any atom is 0.248 e. The molecule has 0 saturated heterocycles. The van der Waals surface area contributed by atoms with Crippen molar-refractivity contribution in [1.29, 1.82) is 0 Å². The second-order valence-electron chi connectivity index (χ2n) is 5.70. The zero-order valence-corrected chi connectivity index (χ0v) is 17.4. The van der Waals surface area contributed by atoms with Gasteiger partial charge in [-0.05, 0) is 48.9 Å². The molecule has 0 atom stereocenters. The molecule has 2 amide bonds. The first-order valence-electron chi connectivity index (χ1n) is 8.35. The highest BCUT2D eigenvalue weighted by atomic mass is 79.9. The molecule has 0 aliphatic heterocycles. The molecule has 5 nitrogen and oxygen atoms in total. The summed E-state index contributed by atoms with van der Waals surface area (Å²) in [5.41, 5.74) is 1.75. The van der Waals surface area contributed by atoms with Crippen molar-refractivity contribution in [2.45, 2.75) is 19.8 Å². The predicted octanol–water partition coefficient (Wildman–Crippen LogP) is 5.50. The van der Waals surface area contributed by atoms with Gasteiger partial charge in [0.05, 0.1) is 17.8 Å². The van der Waals surface area contributed by atoms with Crippen molar-refractivity contribution in [2.75, 3.05) is 17.7 Å². The largest absolute Gasteiger partial charge is 0.496 e.